The van der Waals surface area contributed by atoms with Crippen molar-refractivity contribution >= 4 is 18.4 Å². The molecule has 0 aromatic heterocycles. The second kappa shape index (κ2) is 5.78. The van der Waals surface area contributed by atoms with Crippen LogP contribution < -0.4 is 0 Å². The minimum atomic E-state index is -0.706. The van der Waals surface area contributed by atoms with Gasteiger partial charge in [-0.1, -0.05) is 6.92 Å². The summed E-state index contributed by atoms with van der Waals surface area (Å²) >= 11 is 0. The molecule has 1 N–H and O–H groups in total. The van der Waals surface area contributed by atoms with Crippen LogP contribution in [0.5, 0.6) is 0 Å². The summed E-state index contributed by atoms with van der Waals surface area (Å²) in [6, 6.07) is 0. The maximum Gasteiger partial charge on any atom is 0.312 e. The molecule has 0 aromatic carbocycles. The number of cyclic esters (lactones) is 1. The maximum absolute atomic E-state index is 12.0. The van der Waals surface area contributed by atoms with Gasteiger partial charge in [0.25, 0.3) is 6.47 Å². The molecule has 6 unspecified atom stereocenters. The molecule has 20 heavy (non-hydrogen) atoms. The molecular weight excluding hydrogens is 268 g/mol. The van der Waals surface area contributed by atoms with Gasteiger partial charge in [0.2, 0.25) is 0 Å². The minimum absolute atomic E-state index is 0.0529. The molecule has 0 spiro atoms. The summed E-state index contributed by atoms with van der Waals surface area (Å²) in [4.78, 5) is 34.3. The first kappa shape index (κ1) is 14.8. The molecule has 7 nitrogen and oxygen atoms in total. The van der Waals surface area contributed by atoms with Crippen molar-refractivity contribution in [2.24, 2.45) is 23.7 Å². The Balaban J connectivity index is 2.17. The number of ether oxygens (including phenoxy) is 3. The van der Waals surface area contributed by atoms with E-state index in [4.69, 9.17) is 14.6 Å². The van der Waals surface area contributed by atoms with Crippen LogP contribution in [0.2, 0.25) is 0 Å². The number of aliphatic hydroxyl groups is 1. The summed E-state index contributed by atoms with van der Waals surface area (Å²) in [6.07, 6.45) is -0.475. The fraction of sp³-hybridized carbons (Fsp3) is 0.769. The summed E-state index contributed by atoms with van der Waals surface area (Å²) in [5, 5.41) is 8.68. The number of aliphatic hydroxyl groups excluding tert-OH is 1. The Kier molecular flexibility index (Phi) is 4.27. The number of rotatable bonds is 5. The third-order valence-electron chi connectivity index (χ3n) is 4.26. The Bertz CT molecular complexity index is 408. The van der Waals surface area contributed by atoms with Crippen LogP contribution in [0.25, 0.3) is 0 Å². The van der Waals surface area contributed by atoms with Gasteiger partial charge < -0.3 is 19.3 Å². The van der Waals surface area contributed by atoms with E-state index < -0.39 is 42.8 Å². The minimum Gasteiger partial charge on any atom is -0.461 e. The molecule has 2 rings (SSSR count). The van der Waals surface area contributed by atoms with E-state index in [-0.39, 0.29) is 11.8 Å². The maximum atomic E-state index is 12.0. The summed E-state index contributed by atoms with van der Waals surface area (Å²) in [5.41, 5.74) is 0. The van der Waals surface area contributed by atoms with E-state index >= 15 is 0 Å². The molecular formula is C13H18O7. The van der Waals surface area contributed by atoms with Gasteiger partial charge >= 0.3 is 11.9 Å². The van der Waals surface area contributed by atoms with Crippen LogP contribution in [0.1, 0.15) is 20.3 Å². The largest absolute Gasteiger partial charge is 0.461 e. The summed E-state index contributed by atoms with van der Waals surface area (Å²) in [6.45, 7) is 3.13. The Morgan fingerprint density at radius 3 is 2.90 bits per heavy atom. The van der Waals surface area contributed by atoms with Crippen LogP contribution in [0.3, 0.4) is 0 Å². The van der Waals surface area contributed by atoms with Crippen molar-refractivity contribution < 1.29 is 33.7 Å². The number of carbonyl (C=O) groups excluding carboxylic acids is 3. The first-order chi connectivity index (χ1) is 9.51. The molecule has 2 aliphatic rings. The third-order valence-corrected chi connectivity index (χ3v) is 4.26. The van der Waals surface area contributed by atoms with E-state index in [2.05, 4.69) is 4.74 Å². The Labute approximate surface area is 116 Å². The smallest absolute Gasteiger partial charge is 0.312 e. The lowest BCUT2D eigenvalue weighted by Crippen LogP contribution is -2.32. The molecule has 0 bridgehead atoms. The van der Waals surface area contributed by atoms with E-state index in [1.807, 2.05) is 6.92 Å². The van der Waals surface area contributed by atoms with Gasteiger partial charge in [-0.05, 0) is 19.3 Å². The SMILES string of the molecule is CC1CC2C(C(C)OC=O)OC(=O)C2C1C(=O)OCO. The third kappa shape index (κ3) is 2.37. The average Bonchev–Trinajstić information content (AvgIpc) is 2.87. The zero-order chi connectivity index (χ0) is 14.9. The Morgan fingerprint density at radius 1 is 1.60 bits per heavy atom. The van der Waals surface area contributed by atoms with E-state index in [0.717, 1.165) is 0 Å². The number of hydrogen-bond donors (Lipinski definition) is 1. The lowest BCUT2D eigenvalue weighted by atomic mass is 9.86. The molecule has 1 aliphatic carbocycles. The highest BCUT2D eigenvalue weighted by molar-refractivity contribution is 5.85. The lowest BCUT2D eigenvalue weighted by molar-refractivity contribution is -0.164. The van der Waals surface area contributed by atoms with Gasteiger partial charge in [-0.3, -0.25) is 14.4 Å². The van der Waals surface area contributed by atoms with E-state index in [9.17, 15) is 14.4 Å². The van der Waals surface area contributed by atoms with Crippen LogP contribution in [0.4, 0.5) is 0 Å². The predicted octanol–water partition coefficient (Wildman–Crippen LogP) is -0.145. The molecule has 7 heteroatoms. The van der Waals surface area contributed by atoms with Crippen molar-refractivity contribution in [3.8, 4) is 0 Å². The van der Waals surface area contributed by atoms with Crippen LogP contribution in [-0.2, 0) is 28.6 Å². The van der Waals surface area contributed by atoms with Gasteiger partial charge in [0.15, 0.2) is 6.79 Å². The number of fused-ring (bicyclic) bond motifs is 1. The first-order valence-corrected chi connectivity index (χ1v) is 6.58. The first-order valence-electron chi connectivity index (χ1n) is 6.58. The molecule has 1 saturated heterocycles. The van der Waals surface area contributed by atoms with Crippen molar-refractivity contribution in [2.75, 3.05) is 6.79 Å². The van der Waals surface area contributed by atoms with Crippen molar-refractivity contribution in [3.05, 3.63) is 0 Å². The molecule has 0 aromatic rings. The molecule has 1 heterocycles. The van der Waals surface area contributed by atoms with E-state index in [0.29, 0.717) is 12.9 Å². The van der Waals surface area contributed by atoms with Gasteiger partial charge in [-0.25, -0.2) is 0 Å². The fourth-order valence-corrected chi connectivity index (χ4v) is 3.45. The summed E-state index contributed by atoms with van der Waals surface area (Å²) < 4.78 is 14.7. The molecule has 112 valence electrons. The van der Waals surface area contributed by atoms with Crippen molar-refractivity contribution in [1.29, 1.82) is 0 Å². The molecule has 0 amide bonds. The zero-order valence-electron chi connectivity index (χ0n) is 11.4. The van der Waals surface area contributed by atoms with Crippen LogP contribution in [0, 0.1) is 23.7 Å². The standard InChI is InChI=1S/C13H18O7/c1-6-3-8-10(9(6)12(16)19-5-15)13(17)20-11(8)7(2)18-4-14/h4,6-11,15H,3,5H2,1-2H3. The molecule has 1 saturated carbocycles. The van der Waals surface area contributed by atoms with Gasteiger partial charge in [-0.15, -0.1) is 0 Å². The normalized spacial score (nSPS) is 37.0. The number of esters is 2. The van der Waals surface area contributed by atoms with Gasteiger partial charge in [-0.2, -0.15) is 0 Å². The highest BCUT2D eigenvalue weighted by Crippen LogP contribution is 2.49. The van der Waals surface area contributed by atoms with Crippen molar-refractivity contribution in [2.45, 2.75) is 32.5 Å². The average molecular weight is 286 g/mol. The van der Waals surface area contributed by atoms with Gasteiger partial charge in [0, 0.05) is 5.92 Å². The predicted molar refractivity (Wildman–Crippen MR) is 63.9 cm³/mol. The van der Waals surface area contributed by atoms with Crippen LogP contribution >= 0.6 is 0 Å². The van der Waals surface area contributed by atoms with E-state index in [1.165, 1.54) is 0 Å². The molecule has 6 atom stereocenters. The quantitative estimate of drug-likeness (QED) is 0.325. The zero-order valence-corrected chi connectivity index (χ0v) is 11.4. The summed E-state index contributed by atoms with van der Waals surface area (Å²) in [5.74, 6) is -2.49. The van der Waals surface area contributed by atoms with Crippen LogP contribution in [-0.4, -0.2) is 42.5 Å². The van der Waals surface area contributed by atoms with Crippen molar-refractivity contribution in [1.82, 2.24) is 0 Å². The Hall–Kier alpha value is -1.63. The summed E-state index contributed by atoms with van der Waals surface area (Å²) in [7, 11) is 0. The topological polar surface area (TPSA) is 99.1 Å². The second-order valence-corrected chi connectivity index (χ2v) is 5.36. The van der Waals surface area contributed by atoms with E-state index in [1.54, 1.807) is 6.92 Å². The Morgan fingerprint density at radius 2 is 2.30 bits per heavy atom. The number of carbonyl (C=O) groups is 3. The monoisotopic (exact) mass is 286 g/mol. The van der Waals surface area contributed by atoms with Crippen LogP contribution in [0.15, 0.2) is 0 Å². The lowest BCUT2D eigenvalue weighted by Gasteiger charge is -2.21. The highest BCUT2D eigenvalue weighted by Gasteiger charge is 2.59. The van der Waals surface area contributed by atoms with Gasteiger partial charge in [0.1, 0.15) is 12.2 Å². The highest BCUT2D eigenvalue weighted by atomic mass is 16.6. The number of hydrogen-bond acceptors (Lipinski definition) is 7. The van der Waals surface area contributed by atoms with Crippen molar-refractivity contribution in [3.63, 3.8) is 0 Å². The second-order valence-electron chi connectivity index (χ2n) is 5.36. The molecule has 2 fully saturated rings. The molecule has 1 aliphatic heterocycles. The fourth-order valence-electron chi connectivity index (χ4n) is 3.45. The molecule has 0 radical (unpaired) electrons. The van der Waals surface area contributed by atoms with Gasteiger partial charge in [0.05, 0.1) is 11.8 Å².